The third kappa shape index (κ3) is 2.40. The van der Waals surface area contributed by atoms with E-state index in [-0.39, 0.29) is 18.5 Å². The van der Waals surface area contributed by atoms with Crippen molar-refractivity contribution in [3.05, 3.63) is 53.7 Å². The molecule has 1 aromatic carbocycles. The van der Waals surface area contributed by atoms with E-state index in [0.717, 1.165) is 34.6 Å². The number of carbonyl (C=O) groups is 1. The molecule has 1 aromatic heterocycles. The Morgan fingerprint density at radius 1 is 1.29 bits per heavy atom. The molecule has 1 amide bonds. The molecule has 2 aromatic rings. The summed E-state index contributed by atoms with van der Waals surface area (Å²) < 4.78 is 5.29. The summed E-state index contributed by atoms with van der Waals surface area (Å²) in [5, 5.41) is 3.92. The third-order valence-electron chi connectivity index (χ3n) is 4.38. The molecule has 6 heteroatoms. The lowest BCUT2D eigenvalue weighted by Crippen LogP contribution is -2.53. The van der Waals surface area contributed by atoms with Crippen LogP contribution in [0.5, 0.6) is 0 Å². The zero-order valence-corrected chi connectivity index (χ0v) is 13.6. The molecule has 122 valence electrons. The summed E-state index contributed by atoms with van der Waals surface area (Å²) in [6, 6.07) is 7.94. The summed E-state index contributed by atoms with van der Waals surface area (Å²) in [6.07, 6.45) is 4.68. The zero-order chi connectivity index (χ0) is 16.7. The van der Waals surface area contributed by atoms with E-state index in [1.807, 2.05) is 43.3 Å². The first kappa shape index (κ1) is 14.7. The molecule has 24 heavy (non-hydrogen) atoms. The minimum Gasteiger partial charge on any atom is -0.497 e. The number of ether oxygens (including phenoxy) is 1. The van der Waals surface area contributed by atoms with Crippen LogP contribution in [0.2, 0.25) is 0 Å². The molecule has 1 aliphatic heterocycles. The highest BCUT2D eigenvalue weighted by Gasteiger charge is 2.34. The molecule has 2 aliphatic rings. The van der Waals surface area contributed by atoms with Gasteiger partial charge in [-0.25, -0.2) is 9.97 Å². The molecule has 2 heterocycles. The predicted molar refractivity (Wildman–Crippen MR) is 91.3 cm³/mol. The number of methoxy groups -OCH3 is 1. The van der Waals surface area contributed by atoms with Gasteiger partial charge in [-0.3, -0.25) is 4.79 Å². The normalized spacial score (nSPS) is 20.2. The molecule has 1 N–H and O–H groups in total. The van der Waals surface area contributed by atoms with Gasteiger partial charge in [0.25, 0.3) is 0 Å². The minimum absolute atomic E-state index is 0.0410. The van der Waals surface area contributed by atoms with Crippen molar-refractivity contribution in [3.8, 4) is 0 Å². The van der Waals surface area contributed by atoms with E-state index in [2.05, 4.69) is 20.2 Å². The van der Waals surface area contributed by atoms with Crippen molar-refractivity contribution < 1.29 is 9.53 Å². The maximum Gasteiger partial charge on any atom is 0.243 e. The van der Waals surface area contributed by atoms with Crippen LogP contribution in [0.15, 0.2) is 47.9 Å². The Balaban J connectivity index is 1.83. The van der Waals surface area contributed by atoms with E-state index < -0.39 is 0 Å². The number of aromatic nitrogens is 2. The Morgan fingerprint density at radius 3 is 2.96 bits per heavy atom. The van der Waals surface area contributed by atoms with Crippen molar-refractivity contribution in [2.24, 2.45) is 0 Å². The quantitative estimate of drug-likeness (QED) is 0.917. The number of rotatable bonds is 2. The summed E-state index contributed by atoms with van der Waals surface area (Å²) in [6.45, 7) is 2.15. The number of amides is 1. The molecule has 1 saturated heterocycles. The second-order valence-electron chi connectivity index (χ2n) is 5.95. The third-order valence-corrected chi connectivity index (χ3v) is 4.38. The van der Waals surface area contributed by atoms with Gasteiger partial charge < -0.3 is 15.0 Å². The van der Waals surface area contributed by atoms with Crippen LogP contribution in [0.4, 0.5) is 5.82 Å². The lowest BCUT2D eigenvalue weighted by Gasteiger charge is -2.39. The van der Waals surface area contributed by atoms with Gasteiger partial charge in [0.1, 0.15) is 17.4 Å². The van der Waals surface area contributed by atoms with Crippen molar-refractivity contribution in [1.29, 1.82) is 0 Å². The van der Waals surface area contributed by atoms with Crippen molar-refractivity contribution in [3.63, 3.8) is 0 Å². The number of allylic oxidation sites excluding steroid dienone is 1. The SMILES string of the molecule is COC1=CCC2C(=C1)NC(=O)CN2c1nc(C)nc2ccccc12. The number of para-hydroxylation sites is 1. The Morgan fingerprint density at radius 2 is 2.12 bits per heavy atom. The molecule has 4 rings (SSSR count). The van der Waals surface area contributed by atoms with Gasteiger partial charge in [0.05, 0.1) is 25.2 Å². The summed E-state index contributed by atoms with van der Waals surface area (Å²) in [5.74, 6) is 2.23. The summed E-state index contributed by atoms with van der Waals surface area (Å²) in [7, 11) is 1.63. The van der Waals surface area contributed by atoms with Crippen LogP contribution in [0, 0.1) is 6.92 Å². The number of piperazine rings is 1. The lowest BCUT2D eigenvalue weighted by atomic mass is 9.99. The number of anilines is 1. The average molecular weight is 322 g/mol. The fraction of sp³-hybridized carbons (Fsp3) is 0.278. The van der Waals surface area contributed by atoms with Crippen LogP contribution in [-0.4, -0.2) is 35.6 Å². The standard InChI is InChI=1S/C18H18N4O2/c1-11-19-14-6-4-3-5-13(14)18(20-11)22-10-17(23)21-15-9-12(24-2)7-8-16(15)22/h3-7,9,16H,8,10H2,1-2H3,(H,21,23). The Labute approximate surface area is 139 Å². The van der Waals surface area contributed by atoms with E-state index in [1.54, 1.807) is 7.11 Å². The van der Waals surface area contributed by atoms with Gasteiger partial charge in [0.15, 0.2) is 0 Å². The highest BCUT2D eigenvalue weighted by atomic mass is 16.5. The number of benzene rings is 1. The highest BCUT2D eigenvalue weighted by Crippen LogP contribution is 2.32. The number of hydrogen-bond donors (Lipinski definition) is 1. The van der Waals surface area contributed by atoms with E-state index in [1.165, 1.54) is 0 Å². The average Bonchev–Trinajstić information content (AvgIpc) is 2.59. The molecule has 1 unspecified atom stereocenters. The molecule has 0 bridgehead atoms. The van der Waals surface area contributed by atoms with Crippen molar-refractivity contribution in [2.45, 2.75) is 19.4 Å². The van der Waals surface area contributed by atoms with Gasteiger partial charge >= 0.3 is 0 Å². The van der Waals surface area contributed by atoms with Crippen molar-refractivity contribution in [1.82, 2.24) is 15.3 Å². The molecular weight excluding hydrogens is 304 g/mol. The molecule has 0 saturated carbocycles. The molecule has 0 radical (unpaired) electrons. The largest absolute Gasteiger partial charge is 0.497 e. The van der Waals surface area contributed by atoms with Gasteiger partial charge in [-0.2, -0.15) is 0 Å². The molecule has 1 fully saturated rings. The van der Waals surface area contributed by atoms with Gasteiger partial charge in [0.2, 0.25) is 5.91 Å². The highest BCUT2D eigenvalue weighted by molar-refractivity contribution is 5.93. The summed E-state index contributed by atoms with van der Waals surface area (Å²) in [5.41, 5.74) is 1.74. The maximum absolute atomic E-state index is 12.2. The zero-order valence-electron chi connectivity index (χ0n) is 13.6. The summed E-state index contributed by atoms with van der Waals surface area (Å²) in [4.78, 5) is 23.4. The first-order chi connectivity index (χ1) is 11.7. The molecule has 0 spiro atoms. The smallest absolute Gasteiger partial charge is 0.243 e. The predicted octanol–water partition coefficient (Wildman–Crippen LogP) is 2.06. The Kier molecular flexibility index (Phi) is 3.45. The molecular formula is C18H18N4O2. The monoisotopic (exact) mass is 322 g/mol. The van der Waals surface area contributed by atoms with Crippen LogP contribution in [-0.2, 0) is 9.53 Å². The number of nitrogens with zero attached hydrogens (tertiary/aromatic N) is 3. The molecule has 1 atom stereocenters. The topological polar surface area (TPSA) is 67.3 Å². The summed E-state index contributed by atoms with van der Waals surface area (Å²) >= 11 is 0. The van der Waals surface area contributed by atoms with Crippen LogP contribution in [0.3, 0.4) is 0 Å². The molecule has 1 aliphatic carbocycles. The maximum atomic E-state index is 12.2. The number of hydrogen-bond acceptors (Lipinski definition) is 5. The fourth-order valence-electron chi connectivity index (χ4n) is 3.30. The van der Waals surface area contributed by atoms with Crippen LogP contribution in [0.1, 0.15) is 12.2 Å². The second kappa shape index (κ2) is 5.63. The van der Waals surface area contributed by atoms with E-state index in [0.29, 0.717) is 5.82 Å². The molecule has 6 nitrogen and oxygen atoms in total. The van der Waals surface area contributed by atoms with E-state index >= 15 is 0 Å². The minimum atomic E-state index is -0.0461. The second-order valence-corrected chi connectivity index (χ2v) is 5.95. The lowest BCUT2D eigenvalue weighted by molar-refractivity contribution is -0.119. The number of fused-ring (bicyclic) bond motifs is 2. The number of aryl methyl sites for hydroxylation is 1. The number of nitrogens with one attached hydrogen (secondary N) is 1. The van der Waals surface area contributed by atoms with Gasteiger partial charge in [-0.15, -0.1) is 0 Å². The van der Waals surface area contributed by atoms with Gasteiger partial charge in [-0.05, 0) is 31.6 Å². The van der Waals surface area contributed by atoms with Gasteiger partial charge in [-0.1, -0.05) is 12.1 Å². The Bertz CT molecular complexity index is 888. The number of carbonyl (C=O) groups excluding carboxylic acids is 1. The van der Waals surface area contributed by atoms with Crippen LogP contribution in [0.25, 0.3) is 10.9 Å². The Hall–Kier alpha value is -2.89. The van der Waals surface area contributed by atoms with Crippen molar-refractivity contribution in [2.75, 3.05) is 18.6 Å². The van der Waals surface area contributed by atoms with Crippen LogP contribution < -0.4 is 10.2 Å². The first-order valence-corrected chi connectivity index (χ1v) is 7.91. The van der Waals surface area contributed by atoms with Gasteiger partial charge in [0, 0.05) is 17.2 Å². The first-order valence-electron chi connectivity index (χ1n) is 7.91. The van der Waals surface area contributed by atoms with E-state index in [9.17, 15) is 4.79 Å². The fourth-order valence-corrected chi connectivity index (χ4v) is 3.30. The van der Waals surface area contributed by atoms with E-state index in [4.69, 9.17) is 4.74 Å². The van der Waals surface area contributed by atoms with Crippen molar-refractivity contribution >= 4 is 22.6 Å². The van der Waals surface area contributed by atoms with Crippen LogP contribution >= 0.6 is 0 Å².